The predicted molar refractivity (Wildman–Crippen MR) is 141 cm³/mol. The van der Waals surface area contributed by atoms with Crippen molar-refractivity contribution in [2.75, 3.05) is 11.9 Å². The van der Waals surface area contributed by atoms with Gasteiger partial charge in [-0.25, -0.2) is 4.79 Å². The van der Waals surface area contributed by atoms with Gasteiger partial charge in [-0.3, -0.25) is 4.79 Å². The second-order valence-electron chi connectivity index (χ2n) is 10.8. The van der Waals surface area contributed by atoms with Crippen LogP contribution in [0.2, 0.25) is 0 Å². The van der Waals surface area contributed by atoms with E-state index in [1.54, 1.807) is 0 Å². The van der Waals surface area contributed by atoms with E-state index < -0.39 is 0 Å². The number of carbonyl (C=O) groups excluding carboxylic acids is 2. The Morgan fingerprint density at radius 3 is 2.14 bits per heavy atom. The van der Waals surface area contributed by atoms with Gasteiger partial charge in [0.15, 0.2) is 0 Å². The van der Waals surface area contributed by atoms with Crippen molar-refractivity contribution in [1.29, 1.82) is 0 Å². The maximum Gasteiger partial charge on any atom is 0.338 e. The molecule has 3 aromatic carbocycles. The Bertz CT molecular complexity index is 1190. The number of benzene rings is 3. The third kappa shape index (κ3) is 6.00. The number of esters is 1. The molecular weight excluding hydrogens is 434 g/mol. The fourth-order valence-corrected chi connectivity index (χ4v) is 4.80. The summed E-state index contributed by atoms with van der Waals surface area (Å²) >= 11 is 0. The van der Waals surface area contributed by atoms with Crippen LogP contribution in [0.5, 0.6) is 0 Å². The van der Waals surface area contributed by atoms with Gasteiger partial charge in [-0.15, -0.1) is 0 Å². The van der Waals surface area contributed by atoms with E-state index in [4.69, 9.17) is 4.74 Å². The van der Waals surface area contributed by atoms with Crippen molar-refractivity contribution < 1.29 is 14.3 Å². The van der Waals surface area contributed by atoms with E-state index in [0.717, 1.165) is 29.7 Å². The minimum Gasteiger partial charge on any atom is -0.462 e. The second kappa shape index (κ2) is 10.1. The van der Waals surface area contributed by atoms with Gasteiger partial charge >= 0.3 is 5.97 Å². The van der Waals surface area contributed by atoms with E-state index in [-0.39, 0.29) is 22.7 Å². The second-order valence-corrected chi connectivity index (χ2v) is 10.8. The number of hydrogen-bond acceptors (Lipinski definition) is 3. The number of anilines is 1. The van der Waals surface area contributed by atoms with Crippen molar-refractivity contribution in [2.24, 2.45) is 0 Å². The molecule has 0 bridgehead atoms. The SMILES string of the molecule is CC1(C)CCC(C)(C)c2cc(C(=O)OCCc3ccc(NC(=O)Cc4ccccc4)cc3)ccc21. The normalized spacial score (nSPS) is 15.7. The van der Waals surface area contributed by atoms with E-state index in [1.165, 1.54) is 11.1 Å². The monoisotopic (exact) mass is 469 g/mol. The maximum atomic E-state index is 12.7. The summed E-state index contributed by atoms with van der Waals surface area (Å²) in [5.41, 5.74) is 6.17. The molecule has 182 valence electrons. The molecule has 4 rings (SSSR count). The van der Waals surface area contributed by atoms with Gasteiger partial charge in [-0.2, -0.15) is 0 Å². The van der Waals surface area contributed by atoms with E-state index in [2.05, 4.69) is 39.1 Å². The van der Waals surface area contributed by atoms with Gasteiger partial charge in [-0.1, -0.05) is 76.2 Å². The molecule has 0 radical (unpaired) electrons. The zero-order chi connectivity index (χ0) is 25.1. The minimum absolute atomic E-state index is 0.0468. The van der Waals surface area contributed by atoms with Gasteiger partial charge in [0, 0.05) is 12.1 Å². The molecule has 0 fully saturated rings. The average Bonchev–Trinajstić information content (AvgIpc) is 2.83. The molecule has 0 saturated heterocycles. The molecule has 3 aromatic rings. The third-order valence-electron chi connectivity index (χ3n) is 7.16. The zero-order valence-electron chi connectivity index (χ0n) is 21.2. The van der Waals surface area contributed by atoms with Crippen LogP contribution in [-0.4, -0.2) is 18.5 Å². The summed E-state index contributed by atoms with van der Waals surface area (Å²) in [6, 6.07) is 23.4. The lowest BCUT2D eigenvalue weighted by Crippen LogP contribution is -2.34. The molecule has 0 heterocycles. The summed E-state index contributed by atoms with van der Waals surface area (Å²) in [7, 11) is 0. The Hall–Kier alpha value is -3.40. The van der Waals surface area contributed by atoms with Gasteiger partial charge in [0.05, 0.1) is 18.6 Å². The highest BCUT2D eigenvalue weighted by Crippen LogP contribution is 2.45. The third-order valence-corrected chi connectivity index (χ3v) is 7.16. The molecular formula is C31H35NO3. The van der Waals surface area contributed by atoms with Crippen molar-refractivity contribution >= 4 is 17.6 Å². The number of carbonyl (C=O) groups is 2. The predicted octanol–water partition coefficient (Wildman–Crippen LogP) is 6.62. The molecule has 4 nitrogen and oxygen atoms in total. The topological polar surface area (TPSA) is 55.4 Å². The molecule has 0 atom stereocenters. The summed E-state index contributed by atoms with van der Waals surface area (Å²) in [5.74, 6) is -0.328. The van der Waals surface area contributed by atoms with Crippen LogP contribution >= 0.6 is 0 Å². The minimum atomic E-state index is -0.281. The Balaban J connectivity index is 1.30. The summed E-state index contributed by atoms with van der Waals surface area (Å²) < 4.78 is 5.60. The molecule has 0 aliphatic heterocycles. The van der Waals surface area contributed by atoms with Crippen LogP contribution in [0.15, 0.2) is 72.8 Å². The smallest absolute Gasteiger partial charge is 0.338 e. The first kappa shape index (κ1) is 24.7. The highest BCUT2D eigenvalue weighted by atomic mass is 16.5. The highest BCUT2D eigenvalue weighted by molar-refractivity contribution is 5.92. The Labute approximate surface area is 208 Å². The first-order valence-corrected chi connectivity index (χ1v) is 12.4. The van der Waals surface area contributed by atoms with E-state index >= 15 is 0 Å². The first-order valence-electron chi connectivity index (χ1n) is 12.4. The highest BCUT2D eigenvalue weighted by Gasteiger charge is 2.37. The van der Waals surface area contributed by atoms with Crippen LogP contribution < -0.4 is 5.32 Å². The summed E-state index contributed by atoms with van der Waals surface area (Å²) in [6.45, 7) is 9.37. The summed E-state index contributed by atoms with van der Waals surface area (Å²) in [5, 5.41) is 2.93. The number of rotatable bonds is 7. The van der Waals surface area contributed by atoms with E-state index in [0.29, 0.717) is 25.0 Å². The van der Waals surface area contributed by atoms with Crippen LogP contribution in [0, 0.1) is 0 Å². The van der Waals surface area contributed by atoms with Gasteiger partial charge < -0.3 is 10.1 Å². The van der Waals surface area contributed by atoms with Crippen molar-refractivity contribution in [2.45, 2.75) is 64.2 Å². The fourth-order valence-electron chi connectivity index (χ4n) is 4.80. The number of ether oxygens (including phenoxy) is 1. The van der Waals surface area contributed by atoms with Crippen LogP contribution in [0.4, 0.5) is 5.69 Å². The zero-order valence-corrected chi connectivity index (χ0v) is 21.2. The lowest BCUT2D eigenvalue weighted by molar-refractivity contribution is -0.115. The number of nitrogens with one attached hydrogen (secondary N) is 1. The Morgan fingerprint density at radius 1 is 0.800 bits per heavy atom. The van der Waals surface area contributed by atoms with Crippen molar-refractivity contribution in [3.05, 3.63) is 101 Å². The van der Waals surface area contributed by atoms with E-state index in [1.807, 2.05) is 66.7 Å². The van der Waals surface area contributed by atoms with Crippen LogP contribution in [-0.2, 0) is 33.2 Å². The molecule has 1 aliphatic carbocycles. The number of hydrogen-bond donors (Lipinski definition) is 1. The molecule has 1 N–H and O–H groups in total. The molecule has 0 spiro atoms. The Morgan fingerprint density at radius 2 is 1.46 bits per heavy atom. The van der Waals surface area contributed by atoms with Crippen LogP contribution in [0.1, 0.15) is 73.1 Å². The lowest BCUT2D eigenvalue weighted by Gasteiger charge is -2.41. The van der Waals surface area contributed by atoms with Gasteiger partial charge in [0.1, 0.15) is 0 Å². The standard InChI is InChI=1S/C31H35NO3/c1-30(2)17-18-31(3,4)27-21-24(12-15-26(27)30)29(34)35-19-16-22-10-13-25(14-11-22)32-28(33)20-23-8-6-5-7-9-23/h5-15,21H,16-20H2,1-4H3,(H,32,33). The molecule has 0 aromatic heterocycles. The molecule has 1 aliphatic rings. The molecule has 35 heavy (non-hydrogen) atoms. The lowest BCUT2D eigenvalue weighted by atomic mass is 9.63. The Kier molecular flexibility index (Phi) is 7.11. The van der Waals surface area contributed by atoms with Crippen LogP contribution in [0.3, 0.4) is 0 Å². The quantitative estimate of drug-likeness (QED) is 0.396. The number of amides is 1. The molecule has 0 unspecified atom stereocenters. The molecule has 0 saturated carbocycles. The van der Waals surface area contributed by atoms with Crippen LogP contribution in [0.25, 0.3) is 0 Å². The summed E-state index contributed by atoms with van der Waals surface area (Å²) in [6.07, 6.45) is 3.21. The largest absolute Gasteiger partial charge is 0.462 e. The number of fused-ring (bicyclic) bond motifs is 1. The van der Waals surface area contributed by atoms with Crippen molar-refractivity contribution in [3.63, 3.8) is 0 Å². The first-order chi connectivity index (χ1) is 16.6. The fraction of sp³-hybridized carbons (Fsp3) is 0.355. The van der Waals surface area contributed by atoms with Gasteiger partial charge in [-0.05, 0) is 70.2 Å². The summed E-state index contributed by atoms with van der Waals surface area (Å²) in [4.78, 5) is 25.0. The molecule has 4 heteroatoms. The van der Waals surface area contributed by atoms with Gasteiger partial charge in [0.25, 0.3) is 0 Å². The van der Waals surface area contributed by atoms with Gasteiger partial charge in [0.2, 0.25) is 5.91 Å². The van der Waals surface area contributed by atoms with E-state index in [9.17, 15) is 9.59 Å². The van der Waals surface area contributed by atoms with Crippen molar-refractivity contribution in [1.82, 2.24) is 0 Å². The maximum absolute atomic E-state index is 12.7. The van der Waals surface area contributed by atoms with Crippen molar-refractivity contribution in [3.8, 4) is 0 Å². The molecule has 1 amide bonds. The average molecular weight is 470 g/mol.